The van der Waals surface area contributed by atoms with E-state index < -0.39 is 0 Å². The number of hydrogen-bond acceptors (Lipinski definition) is 3. The van der Waals surface area contributed by atoms with Crippen molar-refractivity contribution >= 4 is 17.7 Å². The minimum Gasteiger partial charge on any atom is -0.391 e. The average molecular weight is 245 g/mol. The molecule has 1 saturated carbocycles. The Morgan fingerprint density at radius 3 is 2.88 bits per heavy atom. The standard InChI is InChI=1S/C12H23NO2S/c1-2-3-8-16-9-12(15)13-10-6-4-5-7-11(10)14/h10-11,14H,2-9H2,1H3,(H,13,15)/t10-,11-/m1/s1. The van der Waals surface area contributed by atoms with Gasteiger partial charge in [-0.1, -0.05) is 26.2 Å². The van der Waals surface area contributed by atoms with E-state index >= 15 is 0 Å². The first-order chi connectivity index (χ1) is 7.74. The number of carbonyl (C=O) groups is 1. The lowest BCUT2D eigenvalue weighted by atomic mass is 9.93. The Kier molecular flexibility index (Phi) is 6.88. The molecule has 2 atom stereocenters. The molecule has 1 aliphatic rings. The lowest BCUT2D eigenvalue weighted by Crippen LogP contribution is -2.45. The molecule has 0 saturated heterocycles. The fraction of sp³-hybridized carbons (Fsp3) is 0.917. The minimum atomic E-state index is -0.335. The molecular weight excluding hydrogens is 222 g/mol. The first kappa shape index (κ1) is 13.8. The number of hydrogen-bond donors (Lipinski definition) is 2. The maximum absolute atomic E-state index is 11.6. The second-order valence-electron chi connectivity index (χ2n) is 4.43. The van der Waals surface area contributed by atoms with Crippen LogP contribution in [0.15, 0.2) is 0 Å². The Morgan fingerprint density at radius 1 is 1.44 bits per heavy atom. The Hall–Kier alpha value is -0.220. The van der Waals surface area contributed by atoms with Crippen LogP contribution < -0.4 is 5.32 Å². The van der Waals surface area contributed by atoms with Crippen molar-refractivity contribution in [3.05, 3.63) is 0 Å². The van der Waals surface area contributed by atoms with E-state index in [4.69, 9.17) is 0 Å². The molecule has 1 rings (SSSR count). The predicted octanol–water partition coefficient (Wildman–Crippen LogP) is 1.94. The van der Waals surface area contributed by atoms with E-state index in [1.165, 1.54) is 12.8 Å². The SMILES string of the molecule is CCCCSCC(=O)N[C@@H]1CCCC[C@H]1O. The van der Waals surface area contributed by atoms with E-state index in [0.717, 1.165) is 31.4 Å². The monoisotopic (exact) mass is 245 g/mol. The van der Waals surface area contributed by atoms with Crippen LogP contribution >= 0.6 is 11.8 Å². The molecule has 1 fully saturated rings. The number of aliphatic hydroxyl groups excluding tert-OH is 1. The molecule has 0 radical (unpaired) electrons. The molecule has 94 valence electrons. The maximum atomic E-state index is 11.6. The fourth-order valence-corrected chi connectivity index (χ4v) is 2.85. The summed E-state index contributed by atoms with van der Waals surface area (Å²) < 4.78 is 0. The second kappa shape index (κ2) is 7.96. The van der Waals surface area contributed by atoms with Crippen molar-refractivity contribution in [3.63, 3.8) is 0 Å². The first-order valence-corrected chi connectivity index (χ1v) is 7.44. The molecule has 0 aromatic rings. The number of unbranched alkanes of at least 4 members (excludes halogenated alkanes) is 1. The Labute approximate surface area is 102 Å². The molecule has 16 heavy (non-hydrogen) atoms. The second-order valence-corrected chi connectivity index (χ2v) is 5.54. The number of rotatable bonds is 6. The summed E-state index contributed by atoms with van der Waals surface area (Å²) in [6.07, 6.45) is 5.96. The van der Waals surface area contributed by atoms with Crippen LogP contribution in [0.2, 0.25) is 0 Å². The van der Waals surface area contributed by atoms with Gasteiger partial charge in [0.1, 0.15) is 0 Å². The van der Waals surface area contributed by atoms with Crippen LogP contribution in [0.4, 0.5) is 0 Å². The molecule has 0 heterocycles. The summed E-state index contributed by atoms with van der Waals surface area (Å²) in [5.41, 5.74) is 0. The average Bonchev–Trinajstić information content (AvgIpc) is 2.28. The van der Waals surface area contributed by atoms with Gasteiger partial charge in [0.05, 0.1) is 17.9 Å². The number of aliphatic hydroxyl groups is 1. The molecule has 0 bridgehead atoms. The third-order valence-electron chi connectivity index (χ3n) is 2.95. The van der Waals surface area contributed by atoms with Crippen molar-refractivity contribution < 1.29 is 9.90 Å². The summed E-state index contributed by atoms with van der Waals surface area (Å²) in [6, 6.07) is -0.00646. The van der Waals surface area contributed by atoms with Crippen LogP contribution in [-0.4, -0.2) is 34.7 Å². The zero-order chi connectivity index (χ0) is 11.8. The molecular formula is C12H23NO2S. The van der Waals surface area contributed by atoms with Crippen LogP contribution in [0.25, 0.3) is 0 Å². The van der Waals surface area contributed by atoms with E-state index in [0.29, 0.717) is 5.75 Å². The van der Waals surface area contributed by atoms with Crippen LogP contribution in [0.5, 0.6) is 0 Å². The zero-order valence-electron chi connectivity index (χ0n) is 10.1. The number of amides is 1. The van der Waals surface area contributed by atoms with Crippen molar-refractivity contribution in [1.29, 1.82) is 0 Å². The van der Waals surface area contributed by atoms with Gasteiger partial charge in [-0.3, -0.25) is 4.79 Å². The van der Waals surface area contributed by atoms with Gasteiger partial charge in [0.25, 0.3) is 0 Å². The molecule has 2 N–H and O–H groups in total. The van der Waals surface area contributed by atoms with E-state index in [1.807, 2.05) is 0 Å². The van der Waals surface area contributed by atoms with E-state index in [1.54, 1.807) is 11.8 Å². The largest absolute Gasteiger partial charge is 0.391 e. The van der Waals surface area contributed by atoms with E-state index in [-0.39, 0.29) is 18.1 Å². The molecule has 0 unspecified atom stereocenters. The summed E-state index contributed by atoms with van der Waals surface area (Å²) >= 11 is 1.68. The highest BCUT2D eigenvalue weighted by molar-refractivity contribution is 7.99. The molecule has 3 nitrogen and oxygen atoms in total. The molecule has 0 aliphatic heterocycles. The van der Waals surface area contributed by atoms with Crippen molar-refractivity contribution in [1.82, 2.24) is 5.32 Å². The summed E-state index contributed by atoms with van der Waals surface area (Å²) in [7, 11) is 0. The summed E-state index contributed by atoms with van der Waals surface area (Å²) in [5.74, 6) is 1.66. The molecule has 0 spiro atoms. The number of carbonyl (C=O) groups excluding carboxylic acids is 1. The Balaban J connectivity index is 2.12. The van der Waals surface area contributed by atoms with Gasteiger partial charge < -0.3 is 10.4 Å². The molecule has 0 aromatic heterocycles. The highest BCUT2D eigenvalue weighted by Crippen LogP contribution is 2.18. The lowest BCUT2D eigenvalue weighted by Gasteiger charge is -2.28. The highest BCUT2D eigenvalue weighted by Gasteiger charge is 2.24. The van der Waals surface area contributed by atoms with Gasteiger partial charge in [-0.2, -0.15) is 11.8 Å². The number of thioether (sulfide) groups is 1. The van der Waals surface area contributed by atoms with Crippen molar-refractivity contribution in [3.8, 4) is 0 Å². The van der Waals surface area contributed by atoms with Gasteiger partial charge in [-0.15, -0.1) is 0 Å². The third kappa shape index (κ3) is 5.21. The minimum absolute atomic E-state index is 0.00646. The van der Waals surface area contributed by atoms with Gasteiger partial charge in [0.15, 0.2) is 0 Å². The van der Waals surface area contributed by atoms with Crippen LogP contribution in [0, 0.1) is 0 Å². The van der Waals surface area contributed by atoms with Crippen molar-refractivity contribution in [2.75, 3.05) is 11.5 Å². The van der Waals surface area contributed by atoms with Crippen molar-refractivity contribution in [2.24, 2.45) is 0 Å². The Bertz CT molecular complexity index is 211. The van der Waals surface area contributed by atoms with Crippen LogP contribution in [-0.2, 0) is 4.79 Å². The Morgan fingerprint density at radius 2 is 2.19 bits per heavy atom. The topological polar surface area (TPSA) is 49.3 Å². The van der Waals surface area contributed by atoms with E-state index in [2.05, 4.69) is 12.2 Å². The predicted molar refractivity (Wildman–Crippen MR) is 68.6 cm³/mol. The lowest BCUT2D eigenvalue weighted by molar-refractivity contribution is -0.120. The quantitative estimate of drug-likeness (QED) is 0.703. The van der Waals surface area contributed by atoms with Crippen LogP contribution in [0.3, 0.4) is 0 Å². The van der Waals surface area contributed by atoms with Gasteiger partial charge >= 0.3 is 0 Å². The molecule has 1 aliphatic carbocycles. The highest BCUT2D eigenvalue weighted by atomic mass is 32.2. The molecule has 1 amide bonds. The number of nitrogens with one attached hydrogen (secondary N) is 1. The van der Waals surface area contributed by atoms with Crippen molar-refractivity contribution in [2.45, 2.75) is 57.6 Å². The van der Waals surface area contributed by atoms with Gasteiger partial charge in [-0.05, 0) is 25.0 Å². The third-order valence-corrected chi connectivity index (χ3v) is 3.99. The summed E-state index contributed by atoms with van der Waals surface area (Å²) in [5, 5.41) is 12.6. The maximum Gasteiger partial charge on any atom is 0.230 e. The van der Waals surface area contributed by atoms with Gasteiger partial charge in [-0.25, -0.2) is 0 Å². The smallest absolute Gasteiger partial charge is 0.230 e. The first-order valence-electron chi connectivity index (χ1n) is 6.29. The zero-order valence-corrected chi connectivity index (χ0v) is 10.9. The molecule has 4 heteroatoms. The van der Waals surface area contributed by atoms with Gasteiger partial charge in [0.2, 0.25) is 5.91 Å². The van der Waals surface area contributed by atoms with Gasteiger partial charge in [0, 0.05) is 0 Å². The summed E-state index contributed by atoms with van der Waals surface area (Å²) in [4.78, 5) is 11.6. The van der Waals surface area contributed by atoms with E-state index in [9.17, 15) is 9.90 Å². The normalized spacial score (nSPS) is 25.4. The molecule has 0 aromatic carbocycles. The van der Waals surface area contributed by atoms with Crippen LogP contribution in [0.1, 0.15) is 45.4 Å². The fourth-order valence-electron chi connectivity index (χ4n) is 1.94. The summed E-state index contributed by atoms with van der Waals surface area (Å²) in [6.45, 7) is 2.15.